The largest absolute Gasteiger partial charge is 0.300 e. The number of aryl methyl sites for hydroxylation is 3. The zero-order chi connectivity index (χ0) is 10.6. The van der Waals surface area contributed by atoms with Crippen LogP contribution in [0.1, 0.15) is 36.5 Å². The van der Waals surface area contributed by atoms with Crippen molar-refractivity contribution >= 4 is 5.78 Å². The van der Waals surface area contributed by atoms with Crippen molar-refractivity contribution in [1.82, 2.24) is 0 Å². The van der Waals surface area contributed by atoms with Gasteiger partial charge in [-0.25, -0.2) is 0 Å². The SMILES string of the molecule is CCC(=O)CCc1ccc(C)c(C)c1. The number of hydrogen-bond acceptors (Lipinski definition) is 1. The Kier molecular flexibility index (Phi) is 3.87. The molecule has 0 aliphatic carbocycles. The minimum absolute atomic E-state index is 0.350. The fourth-order valence-electron chi connectivity index (χ4n) is 1.42. The molecular formula is C13H18O. The maximum Gasteiger partial charge on any atom is 0.132 e. The molecule has 0 heterocycles. The van der Waals surface area contributed by atoms with Gasteiger partial charge in [0.2, 0.25) is 0 Å². The predicted octanol–water partition coefficient (Wildman–Crippen LogP) is 3.22. The highest BCUT2D eigenvalue weighted by Crippen LogP contribution is 2.11. The number of ketones is 1. The van der Waals surface area contributed by atoms with E-state index < -0.39 is 0 Å². The Bertz CT molecular complexity index is 326. The molecule has 0 saturated heterocycles. The van der Waals surface area contributed by atoms with Crippen molar-refractivity contribution in [1.29, 1.82) is 0 Å². The summed E-state index contributed by atoms with van der Waals surface area (Å²) in [6.45, 7) is 6.14. The van der Waals surface area contributed by atoms with E-state index in [4.69, 9.17) is 0 Å². The van der Waals surface area contributed by atoms with Crippen molar-refractivity contribution in [3.63, 3.8) is 0 Å². The van der Waals surface area contributed by atoms with E-state index in [-0.39, 0.29) is 0 Å². The third-order valence-corrected chi connectivity index (χ3v) is 2.66. The molecule has 0 N–H and O–H groups in total. The summed E-state index contributed by atoms with van der Waals surface area (Å²) < 4.78 is 0. The van der Waals surface area contributed by atoms with Crippen LogP contribution in [0.5, 0.6) is 0 Å². The molecule has 1 heteroatoms. The lowest BCUT2D eigenvalue weighted by Crippen LogP contribution is -1.98. The van der Waals surface area contributed by atoms with Gasteiger partial charge in [0.25, 0.3) is 0 Å². The van der Waals surface area contributed by atoms with Crippen molar-refractivity contribution in [2.45, 2.75) is 40.0 Å². The fraction of sp³-hybridized carbons (Fsp3) is 0.462. The molecule has 0 bridgehead atoms. The molecule has 0 aliphatic rings. The van der Waals surface area contributed by atoms with Gasteiger partial charge in [-0.1, -0.05) is 25.1 Å². The Morgan fingerprint density at radius 3 is 2.50 bits per heavy atom. The Morgan fingerprint density at radius 2 is 1.93 bits per heavy atom. The van der Waals surface area contributed by atoms with Gasteiger partial charge in [-0.2, -0.15) is 0 Å². The van der Waals surface area contributed by atoms with Crippen molar-refractivity contribution in [2.24, 2.45) is 0 Å². The minimum atomic E-state index is 0.350. The van der Waals surface area contributed by atoms with Crippen LogP contribution in [0, 0.1) is 13.8 Å². The molecule has 0 atom stereocenters. The van der Waals surface area contributed by atoms with Crippen LogP contribution >= 0.6 is 0 Å². The second kappa shape index (κ2) is 4.94. The van der Waals surface area contributed by atoms with Crippen molar-refractivity contribution in [3.8, 4) is 0 Å². The lowest BCUT2D eigenvalue weighted by Gasteiger charge is -2.04. The Labute approximate surface area is 86.1 Å². The normalized spacial score (nSPS) is 10.2. The second-order valence-electron chi connectivity index (χ2n) is 3.81. The smallest absolute Gasteiger partial charge is 0.132 e. The second-order valence-corrected chi connectivity index (χ2v) is 3.81. The van der Waals surface area contributed by atoms with Crippen LogP contribution in [0.25, 0.3) is 0 Å². The zero-order valence-corrected chi connectivity index (χ0v) is 9.26. The van der Waals surface area contributed by atoms with E-state index >= 15 is 0 Å². The van der Waals surface area contributed by atoms with Gasteiger partial charge in [-0.05, 0) is 37.0 Å². The predicted molar refractivity (Wildman–Crippen MR) is 59.5 cm³/mol. The van der Waals surface area contributed by atoms with E-state index in [1.807, 2.05) is 6.92 Å². The zero-order valence-electron chi connectivity index (χ0n) is 9.26. The average molecular weight is 190 g/mol. The van der Waals surface area contributed by atoms with Crippen LogP contribution in [0.4, 0.5) is 0 Å². The summed E-state index contributed by atoms with van der Waals surface area (Å²) in [5, 5.41) is 0. The summed E-state index contributed by atoms with van der Waals surface area (Å²) in [7, 11) is 0. The van der Waals surface area contributed by atoms with E-state index in [2.05, 4.69) is 32.0 Å². The third-order valence-electron chi connectivity index (χ3n) is 2.66. The first-order chi connectivity index (χ1) is 6.63. The monoisotopic (exact) mass is 190 g/mol. The molecular weight excluding hydrogens is 172 g/mol. The minimum Gasteiger partial charge on any atom is -0.300 e. The summed E-state index contributed by atoms with van der Waals surface area (Å²) >= 11 is 0. The Hall–Kier alpha value is -1.11. The van der Waals surface area contributed by atoms with Crippen LogP contribution in [0.3, 0.4) is 0 Å². The molecule has 0 radical (unpaired) electrons. The van der Waals surface area contributed by atoms with Crippen LogP contribution in [0.15, 0.2) is 18.2 Å². The van der Waals surface area contributed by atoms with Gasteiger partial charge in [0.15, 0.2) is 0 Å². The van der Waals surface area contributed by atoms with Crippen LogP contribution < -0.4 is 0 Å². The highest BCUT2D eigenvalue weighted by Gasteiger charge is 2.00. The average Bonchev–Trinajstić information content (AvgIpc) is 2.19. The third kappa shape index (κ3) is 2.99. The van der Waals surface area contributed by atoms with E-state index in [1.165, 1.54) is 16.7 Å². The first-order valence-electron chi connectivity index (χ1n) is 5.21. The van der Waals surface area contributed by atoms with Crippen molar-refractivity contribution < 1.29 is 4.79 Å². The number of carbonyl (C=O) groups is 1. The molecule has 0 spiro atoms. The summed E-state index contributed by atoms with van der Waals surface area (Å²) in [4.78, 5) is 11.1. The van der Waals surface area contributed by atoms with Crippen LogP contribution in [-0.4, -0.2) is 5.78 Å². The van der Waals surface area contributed by atoms with Gasteiger partial charge in [0.05, 0.1) is 0 Å². The van der Waals surface area contributed by atoms with Gasteiger partial charge in [-0.15, -0.1) is 0 Å². The molecule has 0 fully saturated rings. The summed E-state index contributed by atoms with van der Waals surface area (Å²) in [6, 6.07) is 6.42. The molecule has 0 aliphatic heterocycles. The summed E-state index contributed by atoms with van der Waals surface area (Å²) in [6.07, 6.45) is 2.22. The summed E-state index contributed by atoms with van der Waals surface area (Å²) in [5.74, 6) is 0.350. The Morgan fingerprint density at radius 1 is 1.21 bits per heavy atom. The molecule has 0 saturated carbocycles. The van der Waals surface area contributed by atoms with E-state index in [0.29, 0.717) is 18.6 Å². The molecule has 0 aromatic heterocycles. The molecule has 1 aromatic carbocycles. The van der Waals surface area contributed by atoms with Gasteiger partial charge in [-0.3, -0.25) is 4.79 Å². The number of rotatable bonds is 4. The molecule has 1 nitrogen and oxygen atoms in total. The van der Waals surface area contributed by atoms with Gasteiger partial charge >= 0.3 is 0 Å². The van der Waals surface area contributed by atoms with Gasteiger partial charge in [0, 0.05) is 12.8 Å². The first-order valence-corrected chi connectivity index (χ1v) is 5.21. The van der Waals surface area contributed by atoms with Crippen LogP contribution in [-0.2, 0) is 11.2 Å². The highest BCUT2D eigenvalue weighted by atomic mass is 16.1. The van der Waals surface area contributed by atoms with Crippen molar-refractivity contribution in [2.75, 3.05) is 0 Å². The van der Waals surface area contributed by atoms with Gasteiger partial charge in [0.1, 0.15) is 5.78 Å². The number of benzene rings is 1. The van der Waals surface area contributed by atoms with E-state index in [9.17, 15) is 4.79 Å². The molecule has 1 rings (SSSR count). The van der Waals surface area contributed by atoms with Gasteiger partial charge < -0.3 is 0 Å². The molecule has 0 amide bonds. The summed E-state index contributed by atoms with van der Waals surface area (Å²) in [5.41, 5.74) is 3.90. The number of Topliss-reactive ketones (excluding diaryl/α,β-unsaturated/α-hetero) is 1. The Balaban J connectivity index is 2.60. The quantitative estimate of drug-likeness (QED) is 0.712. The van der Waals surface area contributed by atoms with Crippen LogP contribution in [0.2, 0.25) is 0 Å². The van der Waals surface area contributed by atoms with E-state index in [1.54, 1.807) is 0 Å². The highest BCUT2D eigenvalue weighted by molar-refractivity contribution is 5.78. The maximum atomic E-state index is 11.1. The first kappa shape index (κ1) is 11.0. The number of hydrogen-bond donors (Lipinski definition) is 0. The number of carbonyl (C=O) groups excluding carboxylic acids is 1. The van der Waals surface area contributed by atoms with Crippen molar-refractivity contribution in [3.05, 3.63) is 34.9 Å². The molecule has 0 unspecified atom stereocenters. The standard InChI is InChI=1S/C13H18O/c1-4-13(14)8-7-12-6-5-10(2)11(3)9-12/h5-6,9H,4,7-8H2,1-3H3. The molecule has 1 aromatic rings. The van der Waals surface area contributed by atoms with E-state index in [0.717, 1.165) is 6.42 Å². The topological polar surface area (TPSA) is 17.1 Å². The maximum absolute atomic E-state index is 11.1. The molecule has 14 heavy (non-hydrogen) atoms. The fourth-order valence-corrected chi connectivity index (χ4v) is 1.42. The lowest BCUT2D eigenvalue weighted by atomic mass is 10.0. The lowest BCUT2D eigenvalue weighted by molar-refractivity contribution is -0.118. The molecule has 76 valence electrons.